The number of halogens is 1. The number of hydrogen-bond donors (Lipinski definition) is 1. The van der Waals surface area contributed by atoms with E-state index in [9.17, 15) is 14.9 Å². The highest BCUT2D eigenvalue weighted by molar-refractivity contribution is 5.82. The van der Waals surface area contributed by atoms with Crippen molar-refractivity contribution in [3.05, 3.63) is 54.1 Å². The number of amides is 2. The van der Waals surface area contributed by atoms with E-state index in [1.165, 1.54) is 4.90 Å². The predicted molar refractivity (Wildman–Crippen MR) is 159 cm³/mol. The van der Waals surface area contributed by atoms with Gasteiger partial charge in [0.1, 0.15) is 17.8 Å². The molecule has 0 spiro atoms. The number of nitrogens with zero attached hydrogens (tertiary/aromatic N) is 4. The first-order valence-corrected chi connectivity index (χ1v) is 14.8. The molecule has 2 amide bonds. The van der Waals surface area contributed by atoms with Crippen molar-refractivity contribution in [2.24, 2.45) is 5.41 Å². The molecule has 0 aromatic heterocycles. The van der Waals surface area contributed by atoms with Gasteiger partial charge >= 0.3 is 6.09 Å². The van der Waals surface area contributed by atoms with Crippen LogP contribution in [0.25, 0.3) is 5.57 Å². The first kappa shape index (κ1) is 31.7. The second-order valence-electron chi connectivity index (χ2n) is 12.6. The summed E-state index contributed by atoms with van der Waals surface area (Å²) in [6.07, 6.45) is 3.28. The van der Waals surface area contributed by atoms with Crippen LogP contribution in [-0.4, -0.2) is 110 Å². The maximum atomic E-state index is 16.3. The van der Waals surface area contributed by atoms with Gasteiger partial charge < -0.3 is 24.6 Å². The van der Waals surface area contributed by atoms with E-state index in [-0.39, 0.29) is 13.0 Å². The van der Waals surface area contributed by atoms with Gasteiger partial charge in [0, 0.05) is 51.3 Å². The zero-order chi connectivity index (χ0) is 30.3. The number of carbonyl (C=O) groups is 2. The van der Waals surface area contributed by atoms with Crippen molar-refractivity contribution < 1.29 is 23.5 Å². The number of likely N-dealkylation sites (N-methyl/N-ethyl adjacent to an activating group) is 1. The number of alkyl halides is 1. The van der Waals surface area contributed by atoms with Crippen molar-refractivity contribution in [3.8, 4) is 6.07 Å². The molecule has 0 bridgehead atoms. The summed E-state index contributed by atoms with van der Waals surface area (Å²) in [5, 5.41) is 12.9. The van der Waals surface area contributed by atoms with Gasteiger partial charge in [-0.3, -0.25) is 9.69 Å². The Labute approximate surface area is 248 Å². The van der Waals surface area contributed by atoms with Gasteiger partial charge in [0.25, 0.3) is 5.91 Å². The summed E-state index contributed by atoms with van der Waals surface area (Å²) in [5.74, 6) is -0.498. The van der Waals surface area contributed by atoms with Crippen LogP contribution in [0, 0.1) is 16.7 Å². The minimum absolute atomic E-state index is 0.0140. The van der Waals surface area contributed by atoms with E-state index < -0.39 is 41.3 Å². The van der Waals surface area contributed by atoms with Gasteiger partial charge in [-0.25, -0.2) is 9.18 Å². The molecule has 3 aliphatic rings. The molecule has 3 unspecified atom stereocenters. The highest BCUT2D eigenvalue weighted by Gasteiger charge is 2.43. The zero-order valence-electron chi connectivity index (χ0n) is 25.2. The number of ether oxygens (including phenoxy) is 2. The fraction of sp³-hybridized carbons (Fsp3) is 0.594. The van der Waals surface area contributed by atoms with Gasteiger partial charge in [-0.1, -0.05) is 42.5 Å². The van der Waals surface area contributed by atoms with Crippen molar-refractivity contribution in [1.29, 1.82) is 5.26 Å². The fourth-order valence-electron chi connectivity index (χ4n) is 5.61. The fourth-order valence-corrected chi connectivity index (χ4v) is 5.61. The molecule has 1 aliphatic carbocycles. The Bertz CT molecular complexity index is 1190. The Morgan fingerprint density at radius 3 is 2.55 bits per heavy atom. The lowest BCUT2D eigenvalue weighted by molar-refractivity contribution is -0.133. The molecule has 1 N–H and O–H groups in total. The number of piperazine rings is 1. The molecule has 0 saturated carbocycles. The standard InChI is InChI=1S/C32H44FN5O4/c1-31(2,3)42-30(40)38-13-8-18-41-27(22-38)29(39)35-26(21-34)20-32(23-37-16-14-36(4)15-17-37)12-11-25(19-28(32)33)24-9-6-5-7-10-24/h5-7,9-12,19,26-28H,8,13-18,20,22-23H2,1-4H3,(H,35,39)/t26?,27-,28?,32?/m0/s1. The molecular formula is C32H44FN5O4. The minimum atomic E-state index is -1.36. The monoisotopic (exact) mass is 581 g/mol. The van der Waals surface area contributed by atoms with Crippen molar-refractivity contribution in [2.45, 2.75) is 57.5 Å². The maximum Gasteiger partial charge on any atom is 0.410 e. The molecular weight excluding hydrogens is 537 g/mol. The predicted octanol–water partition coefficient (Wildman–Crippen LogP) is 3.64. The van der Waals surface area contributed by atoms with Crippen molar-refractivity contribution in [1.82, 2.24) is 20.0 Å². The molecule has 4 rings (SSSR count). The van der Waals surface area contributed by atoms with Crippen LogP contribution >= 0.6 is 0 Å². The zero-order valence-corrected chi connectivity index (χ0v) is 25.2. The van der Waals surface area contributed by atoms with Crippen molar-refractivity contribution >= 4 is 17.6 Å². The van der Waals surface area contributed by atoms with Crippen LogP contribution in [0.2, 0.25) is 0 Å². The molecule has 2 heterocycles. The van der Waals surface area contributed by atoms with Crippen LogP contribution < -0.4 is 5.32 Å². The van der Waals surface area contributed by atoms with Crippen molar-refractivity contribution in [3.63, 3.8) is 0 Å². The summed E-state index contributed by atoms with van der Waals surface area (Å²) in [7, 11) is 2.07. The molecule has 1 aromatic rings. The first-order valence-electron chi connectivity index (χ1n) is 14.8. The Kier molecular flexibility index (Phi) is 10.4. The minimum Gasteiger partial charge on any atom is -0.444 e. The molecule has 42 heavy (non-hydrogen) atoms. The van der Waals surface area contributed by atoms with Crippen LogP contribution in [0.1, 0.15) is 39.2 Å². The van der Waals surface area contributed by atoms with Gasteiger partial charge in [-0.05, 0) is 57.9 Å². The largest absolute Gasteiger partial charge is 0.444 e. The highest BCUT2D eigenvalue weighted by atomic mass is 19.1. The lowest BCUT2D eigenvalue weighted by atomic mass is 9.72. The van der Waals surface area contributed by atoms with Gasteiger partial charge in [-0.2, -0.15) is 5.26 Å². The molecule has 2 fully saturated rings. The first-order chi connectivity index (χ1) is 20.0. The average Bonchev–Trinajstić information content (AvgIpc) is 3.22. The summed E-state index contributed by atoms with van der Waals surface area (Å²) >= 11 is 0. The molecule has 4 atom stereocenters. The number of hydrogen-bond acceptors (Lipinski definition) is 7. The second-order valence-corrected chi connectivity index (χ2v) is 12.6. The lowest BCUT2D eigenvalue weighted by Crippen LogP contribution is -2.53. The number of benzene rings is 1. The van der Waals surface area contributed by atoms with Crippen LogP contribution in [0.5, 0.6) is 0 Å². The van der Waals surface area contributed by atoms with E-state index >= 15 is 4.39 Å². The van der Waals surface area contributed by atoms with E-state index in [2.05, 4.69) is 28.2 Å². The van der Waals surface area contributed by atoms with Gasteiger partial charge in [-0.15, -0.1) is 0 Å². The van der Waals surface area contributed by atoms with Crippen LogP contribution in [0.3, 0.4) is 0 Å². The second kappa shape index (κ2) is 13.8. The van der Waals surface area contributed by atoms with Crippen LogP contribution in [-0.2, 0) is 14.3 Å². The number of nitrogens with one attached hydrogen (secondary N) is 1. The smallest absolute Gasteiger partial charge is 0.410 e. The van der Waals surface area contributed by atoms with Gasteiger partial charge in [0.05, 0.1) is 12.6 Å². The number of allylic oxidation sites excluding steroid dienone is 3. The molecule has 2 saturated heterocycles. The third kappa shape index (κ3) is 8.40. The summed E-state index contributed by atoms with van der Waals surface area (Å²) in [6.45, 7) is 9.86. The molecule has 228 valence electrons. The van der Waals surface area contributed by atoms with Crippen LogP contribution in [0.4, 0.5) is 9.18 Å². The Morgan fingerprint density at radius 2 is 1.90 bits per heavy atom. The Balaban J connectivity index is 1.49. The average molecular weight is 582 g/mol. The molecule has 0 radical (unpaired) electrons. The van der Waals surface area contributed by atoms with Gasteiger partial charge in [0.2, 0.25) is 0 Å². The molecule has 1 aromatic carbocycles. The topological polar surface area (TPSA) is 98.1 Å². The quantitative estimate of drug-likeness (QED) is 0.525. The van der Waals surface area contributed by atoms with Crippen molar-refractivity contribution in [2.75, 3.05) is 59.5 Å². The normalized spacial score (nSPS) is 26.5. The summed E-state index contributed by atoms with van der Waals surface area (Å²) < 4.78 is 27.6. The lowest BCUT2D eigenvalue weighted by Gasteiger charge is -2.43. The summed E-state index contributed by atoms with van der Waals surface area (Å²) in [4.78, 5) is 32.0. The molecule has 9 nitrogen and oxygen atoms in total. The van der Waals surface area contributed by atoms with E-state index in [0.717, 1.165) is 37.3 Å². The highest BCUT2D eigenvalue weighted by Crippen LogP contribution is 2.40. The third-order valence-corrected chi connectivity index (χ3v) is 7.97. The molecule has 10 heteroatoms. The molecule has 2 aliphatic heterocycles. The van der Waals surface area contributed by atoms with E-state index in [1.807, 2.05) is 42.5 Å². The van der Waals surface area contributed by atoms with E-state index in [4.69, 9.17) is 9.47 Å². The summed E-state index contributed by atoms with van der Waals surface area (Å²) in [5.41, 5.74) is 0.0462. The van der Waals surface area contributed by atoms with E-state index in [0.29, 0.717) is 26.1 Å². The van der Waals surface area contributed by atoms with Crippen LogP contribution in [0.15, 0.2) is 48.6 Å². The number of carbonyl (C=O) groups excluding carboxylic acids is 2. The van der Waals surface area contributed by atoms with Gasteiger partial charge in [0.15, 0.2) is 6.10 Å². The summed E-state index contributed by atoms with van der Waals surface area (Å²) in [6, 6.07) is 10.9. The maximum absolute atomic E-state index is 16.3. The number of nitriles is 1. The Morgan fingerprint density at radius 1 is 1.19 bits per heavy atom. The number of rotatable bonds is 7. The SMILES string of the molecule is CN1CCN(CC2(CC(C#N)NC(=O)[C@@H]3CN(C(=O)OC(C)(C)C)CCCO3)C=CC(c3ccccc3)=CC2F)CC1. The third-order valence-electron chi connectivity index (χ3n) is 7.97. The Hall–Kier alpha value is -3.26. The van der Waals surface area contributed by atoms with E-state index in [1.54, 1.807) is 26.8 Å².